The molecular formula is C27H43Br. The largest absolute Gasteiger partial charge is 0.0654 e. The highest BCUT2D eigenvalue weighted by Crippen LogP contribution is 2.44. The summed E-state index contributed by atoms with van der Waals surface area (Å²) >= 11 is 3.57. The second kappa shape index (κ2) is 12.4. The van der Waals surface area contributed by atoms with Crippen molar-refractivity contribution in [3.05, 3.63) is 34.3 Å². The molecule has 0 aliphatic heterocycles. The van der Waals surface area contributed by atoms with Crippen LogP contribution in [0.3, 0.4) is 0 Å². The molecule has 1 heteroatoms. The van der Waals surface area contributed by atoms with Gasteiger partial charge in [0.2, 0.25) is 0 Å². The first kappa shape index (κ1) is 22.4. The van der Waals surface area contributed by atoms with Crippen LogP contribution in [-0.4, -0.2) is 0 Å². The Kier molecular flexibility index (Phi) is 9.92. The lowest BCUT2D eigenvalue weighted by Gasteiger charge is -2.38. The van der Waals surface area contributed by atoms with Gasteiger partial charge in [0.1, 0.15) is 0 Å². The number of rotatable bonds is 10. The van der Waals surface area contributed by atoms with Crippen LogP contribution in [-0.2, 0) is 0 Å². The van der Waals surface area contributed by atoms with Crippen LogP contribution in [0.15, 0.2) is 28.7 Å². The summed E-state index contributed by atoms with van der Waals surface area (Å²) in [7, 11) is 0. The van der Waals surface area contributed by atoms with Gasteiger partial charge < -0.3 is 0 Å². The predicted molar refractivity (Wildman–Crippen MR) is 127 cm³/mol. The predicted octanol–water partition coefficient (Wildman–Crippen LogP) is 9.67. The summed E-state index contributed by atoms with van der Waals surface area (Å²) in [6.45, 7) is 2.31. The Morgan fingerprint density at radius 1 is 0.679 bits per heavy atom. The van der Waals surface area contributed by atoms with Gasteiger partial charge in [-0.05, 0) is 79.9 Å². The minimum atomic E-state index is 0.818. The highest BCUT2D eigenvalue weighted by Gasteiger charge is 2.31. The van der Waals surface area contributed by atoms with Crippen LogP contribution in [0.4, 0.5) is 0 Å². The normalized spacial score (nSPS) is 28.4. The van der Waals surface area contributed by atoms with Gasteiger partial charge in [0.15, 0.2) is 0 Å². The number of benzene rings is 1. The molecule has 0 amide bonds. The number of hydrogen-bond donors (Lipinski definition) is 0. The van der Waals surface area contributed by atoms with Gasteiger partial charge in [0, 0.05) is 4.47 Å². The standard InChI is InChI=1S/C27H43Br/c1-2-3-4-5-6-7-8-9-22-10-12-23(13-11-22)24-14-16-25(17-15-24)26-18-20-27(28)21-19-26/h18-25H,2-17H2,1H3. The molecule has 0 spiro atoms. The lowest BCUT2D eigenvalue weighted by Crippen LogP contribution is -2.25. The van der Waals surface area contributed by atoms with Crippen LogP contribution in [0.1, 0.15) is 121 Å². The van der Waals surface area contributed by atoms with E-state index in [1.165, 1.54) is 107 Å². The van der Waals surface area contributed by atoms with Crippen molar-refractivity contribution in [2.75, 3.05) is 0 Å². The number of unbranched alkanes of at least 4 members (excludes halogenated alkanes) is 6. The van der Waals surface area contributed by atoms with Crippen molar-refractivity contribution >= 4 is 15.9 Å². The van der Waals surface area contributed by atoms with E-state index in [1.54, 1.807) is 5.56 Å². The van der Waals surface area contributed by atoms with E-state index in [0.717, 1.165) is 23.7 Å². The Morgan fingerprint density at radius 2 is 1.21 bits per heavy atom. The van der Waals surface area contributed by atoms with Crippen molar-refractivity contribution in [3.8, 4) is 0 Å². The van der Waals surface area contributed by atoms with Crippen LogP contribution in [0.25, 0.3) is 0 Å². The molecule has 0 atom stereocenters. The maximum absolute atomic E-state index is 3.57. The molecule has 0 heterocycles. The van der Waals surface area contributed by atoms with Gasteiger partial charge in [-0.15, -0.1) is 0 Å². The summed E-state index contributed by atoms with van der Waals surface area (Å²) in [5.74, 6) is 3.96. The van der Waals surface area contributed by atoms with Crippen molar-refractivity contribution in [1.29, 1.82) is 0 Å². The van der Waals surface area contributed by atoms with Crippen LogP contribution < -0.4 is 0 Å². The minimum absolute atomic E-state index is 0.818. The third kappa shape index (κ3) is 7.19. The van der Waals surface area contributed by atoms with Gasteiger partial charge in [0.05, 0.1) is 0 Å². The second-order valence-corrected chi connectivity index (χ2v) is 10.8. The zero-order valence-corrected chi connectivity index (χ0v) is 19.9. The lowest BCUT2D eigenvalue weighted by atomic mass is 9.68. The molecule has 0 unspecified atom stereocenters. The molecule has 2 aliphatic rings. The molecule has 3 rings (SSSR count). The summed E-state index contributed by atoms with van der Waals surface area (Å²) < 4.78 is 1.21. The fourth-order valence-corrected chi connectivity index (χ4v) is 6.26. The van der Waals surface area contributed by atoms with E-state index in [2.05, 4.69) is 47.1 Å². The monoisotopic (exact) mass is 446 g/mol. The molecular weight excluding hydrogens is 404 g/mol. The smallest absolute Gasteiger partial charge is 0.0175 e. The molecule has 28 heavy (non-hydrogen) atoms. The highest BCUT2D eigenvalue weighted by molar-refractivity contribution is 9.10. The Balaban J connectivity index is 1.28. The van der Waals surface area contributed by atoms with Crippen LogP contribution >= 0.6 is 15.9 Å². The van der Waals surface area contributed by atoms with Gasteiger partial charge >= 0.3 is 0 Å². The fourth-order valence-electron chi connectivity index (χ4n) is 6.00. The molecule has 2 aliphatic carbocycles. The molecule has 0 N–H and O–H groups in total. The summed E-state index contributed by atoms with van der Waals surface area (Å²) in [5.41, 5.74) is 1.57. The Morgan fingerprint density at radius 3 is 1.82 bits per heavy atom. The van der Waals surface area contributed by atoms with Gasteiger partial charge in [0.25, 0.3) is 0 Å². The molecule has 2 saturated carbocycles. The Hall–Kier alpha value is -0.300. The average Bonchev–Trinajstić information content (AvgIpc) is 2.74. The molecule has 1 aromatic rings. The molecule has 0 radical (unpaired) electrons. The molecule has 158 valence electrons. The van der Waals surface area contributed by atoms with Gasteiger partial charge in [-0.3, -0.25) is 0 Å². The topological polar surface area (TPSA) is 0 Å². The lowest BCUT2D eigenvalue weighted by molar-refractivity contribution is 0.155. The summed E-state index contributed by atoms with van der Waals surface area (Å²) in [5, 5.41) is 0. The van der Waals surface area contributed by atoms with Crippen LogP contribution in [0.2, 0.25) is 0 Å². The molecule has 0 bridgehead atoms. The number of hydrogen-bond acceptors (Lipinski definition) is 0. The van der Waals surface area contributed by atoms with Crippen molar-refractivity contribution < 1.29 is 0 Å². The fraction of sp³-hybridized carbons (Fsp3) is 0.778. The Bertz CT molecular complexity index is 518. The average molecular weight is 448 g/mol. The van der Waals surface area contributed by atoms with E-state index in [0.29, 0.717) is 0 Å². The van der Waals surface area contributed by atoms with Crippen LogP contribution in [0, 0.1) is 17.8 Å². The third-order valence-corrected chi connectivity index (χ3v) is 8.42. The molecule has 2 fully saturated rings. The Labute approximate surface area is 183 Å². The summed E-state index contributed by atoms with van der Waals surface area (Å²) in [6.07, 6.45) is 23.7. The first-order valence-corrected chi connectivity index (χ1v) is 13.3. The third-order valence-electron chi connectivity index (χ3n) is 7.89. The van der Waals surface area contributed by atoms with Crippen molar-refractivity contribution in [3.63, 3.8) is 0 Å². The van der Waals surface area contributed by atoms with E-state index in [1.807, 2.05) is 0 Å². The first-order chi connectivity index (χ1) is 13.8. The second-order valence-electron chi connectivity index (χ2n) is 9.85. The van der Waals surface area contributed by atoms with Gasteiger partial charge in [-0.2, -0.15) is 0 Å². The summed E-state index contributed by atoms with van der Waals surface area (Å²) in [4.78, 5) is 0. The highest BCUT2D eigenvalue weighted by atomic mass is 79.9. The SMILES string of the molecule is CCCCCCCCCC1CCC(C2CCC(c3ccc(Br)cc3)CC2)CC1. The quantitative estimate of drug-likeness (QED) is 0.313. The number of halogens is 1. The van der Waals surface area contributed by atoms with E-state index in [-0.39, 0.29) is 0 Å². The van der Waals surface area contributed by atoms with E-state index < -0.39 is 0 Å². The maximum Gasteiger partial charge on any atom is 0.0175 e. The molecule has 0 nitrogen and oxygen atoms in total. The molecule has 0 aromatic heterocycles. The zero-order valence-electron chi connectivity index (χ0n) is 18.3. The van der Waals surface area contributed by atoms with Crippen molar-refractivity contribution in [2.45, 2.75) is 116 Å². The summed E-state index contributed by atoms with van der Waals surface area (Å²) in [6, 6.07) is 9.11. The van der Waals surface area contributed by atoms with Crippen LogP contribution in [0.5, 0.6) is 0 Å². The van der Waals surface area contributed by atoms with Crippen molar-refractivity contribution in [1.82, 2.24) is 0 Å². The van der Waals surface area contributed by atoms with Gasteiger partial charge in [-0.1, -0.05) is 99.2 Å². The van der Waals surface area contributed by atoms with E-state index >= 15 is 0 Å². The van der Waals surface area contributed by atoms with E-state index in [9.17, 15) is 0 Å². The van der Waals surface area contributed by atoms with Crippen molar-refractivity contribution in [2.24, 2.45) is 17.8 Å². The minimum Gasteiger partial charge on any atom is -0.0654 e. The molecule has 1 aromatic carbocycles. The van der Waals surface area contributed by atoms with Gasteiger partial charge in [-0.25, -0.2) is 0 Å². The zero-order chi connectivity index (χ0) is 19.6. The van der Waals surface area contributed by atoms with E-state index in [4.69, 9.17) is 0 Å². The first-order valence-electron chi connectivity index (χ1n) is 12.5. The maximum atomic E-state index is 3.57. The molecule has 0 saturated heterocycles.